The summed E-state index contributed by atoms with van der Waals surface area (Å²) in [5, 5.41) is 6.58. The van der Waals surface area contributed by atoms with Gasteiger partial charge >= 0.3 is 0 Å². The number of nitrogens with zero attached hydrogens (tertiary/aromatic N) is 2. The Morgan fingerprint density at radius 3 is 2.81 bits per heavy atom. The molecule has 0 aliphatic heterocycles. The molecule has 2 N–H and O–H groups in total. The molecule has 0 fully saturated rings. The zero-order valence-electron chi connectivity index (χ0n) is 12.7. The van der Waals surface area contributed by atoms with Crippen LogP contribution in [0.4, 0.5) is 11.6 Å². The van der Waals surface area contributed by atoms with E-state index in [-0.39, 0.29) is 6.04 Å². The van der Waals surface area contributed by atoms with Crippen LogP contribution in [0.1, 0.15) is 26.0 Å². The van der Waals surface area contributed by atoms with Crippen LogP contribution < -0.4 is 15.4 Å². The summed E-state index contributed by atoms with van der Waals surface area (Å²) in [7, 11) is 1.62. The van der Waals surface area contributed by atoms with Crippen molar-refractivity contribution in [3.05, 3.63) is 30.5 Å². The number of aromatic nitrogens is 2. The van der Waals surface area contributed by atoms with Crippen molar-refractivity contribution in [3.63, 3.8) is 0 Å². The van der Waals surface area contributed by atoms with Crippen LogP contribution in [0.2, 0.25) is 0 Å². The average Bonchev–Trinajstić information content (AvgIpc) is 2.97. The number of anilines is 2. The summed E-state index contributed by atoms with van der Waals surface area (Å²) in [6, 6.07) is 4.02. The van der Waals surface area contributed by atoms with Crippen molar-refractivity contribution in [1.82, 2.24) is 9.97 Å². The van der Waals surface area contributed by atoms with Gasteiger partial charge in [0.05, 0.1) is 13.4 Å². The normalized spacial score (nSPS) is 12.0. The summed E-state index contributed by atoms with van der Waals surface area (Å²) in [5.41, 5.74) is 0. The zero-order chi connectivity index (χ0) is 15.1. The van der Waals surface area contributed by atoms with Gasteiger partial charge in [0.2, 0.25) is 5.75 Å². The maximum absolute atomic E-state index is 5.44. The van der Waals surface area contributed by atoms with E-state index in [9.17, 15) is 0 Å². The number of nitrogens with one attached hydrogen (secondary N) is 2. The smallest absolute Gasteiger partial charge is 0.204 e. The molecule has 114 valence electrons. The highest BCUT2D eigenvalue weighted by molar-refractivity contribution is 5.63. The Morgan fingerprint density at radius 1 is 1.33 bits per heavy atom. The maximum atomic E-state index is 5.44. The Morgan fingerprint density at radius 2 is 2.14 bits per heavy atom. The van der Waals surface area contributed by atoms with Crippen LogP contribution in [-0.4, -0.2) is 29.7 Å². The minimum atomic E-state index is 0.166. The molecule has 0 saturated carbocycles. The average molecular weight is 290 g/mol. The molecule has 21 heavy (non-hydrogen) atoms. The fraction of sp³-hybridized carbons (Fsp3) is 0.467. The summed E-state index contributed by atoms with van der Waals surface area (Å²) < 4.78 is 10.8. The molecule has 2 aromatic heterocycles. The van der Waals surface area contributed by atoms with E-state index in [0.717, 1.165) is 25.1 Å². The van der Waals surface area contributed by atoms with Crippen molar-refractivity contribution < 1.29 is 9.15 Å². The Bertz CT molecular complexity index is 543. The van der Waals surface area contributed by atoms with E-state index in [0.29, 0.717) is 17.4 Å². The molecule has 0 aliphatic rings. The molecule has 0 saturated heterocycles. The van der Waals surface area contributed by atoms with Crippen molar-refractivity contribution in [3.8, 4) is 5.75 Å². The van der Waals surface area contributed by atoms with Gasteiger partial charge in [-0.25, -0.2) is 9.97 Å². The monoisotopic (exact) mass is 290 g/mol. The Hall–Kier alpha value is -2.24. The Kier molecular flexibility index (Phi) is 5.43. The van der Waals surface area contributed by atoms with E-state index in [4.69, 9.17) is 9.15 Å². The highest BCUT2D eigenvalue weighted by Crippen LogP contribution is 2.29. The molecule has 0 aliphatic carbocycles. The maximum Gasteiger partial charge on any atom is 0.204 e. The van der Waals surface area contributed by atoms with Crippen LogP contribution in [0.3, 0.4) is 0 Å². The molecule has 1 atom stereocenters. The highest BCUT2D eigenvalue weighted by Gasteiger charge is 2.14. The lowest BCUT2D eigenvalue weighted by atomic mass is 10.2. The topological polar surface area (TPSA) is 72.2 Å². The van der Waals surface area contributed by atoms with Crippen molar-refractivity contribution in [2.45, 2.75) is 32.7 Å². The van der Waals surface area contributed by atoms with E-state index < -0.39 is 0 Å². The van der Waals surface area contributed by atoms with Gasteiger partial charge in [0.25, 0.3) is 0 Å². The van der Waals surface area contributed by atoms with E-state index in [1.807, 2.05) is 12.1 Å². The molecule has 6 heteroatoms. The summed E-state index contributed by atoms with van der Waals surface area (Å²) >= 11 is 0. The SMILES string of the molecule is CCCNc1ncnc(NC(C)Cc2ccco2)c1OC. The third-order valence-electron chi connectivity index (χ3n) is 3.02. The molecular weight excluding hydrogens is 268 g/mol. The van der Waals surface area contributed by atoms with E-state index in [1.165, 1.54) is 6.33 Å². The predicted molar refractivity (Wildman–Crippen MR) is 82.9 cm³/mol. The molecule has 0 amide bonds. The van der Waals surface area contributed by atoms with Crippen LogP contribution in [0.25, 0.3) is 0 Å². The van der Waals surface area contributed by atoms with Crippen LogP contribution in [-0.2, 0) is 6.42 Å². The van der Waals surface area contributed by atoms with E-state index in [1.54, 1.807) is 13.4 Å². The Labute approximate surface area is 124 Å². The number of rotatable bonds is 8. The Balaban J connectivity index is 2.07. The second-order valence-corrected chi connectivity index (χ2v) is 4.86. The van der Waals surface area contributed by atoms with E-state index in [2.05, 4.69) is 34.4 Å². The molecule has 2 heterocycles. The van der Waals surface area contributed by atoms with Gasteiger partial charge in [0.15, 0.2) is 11.6 Å². The van der Waals surface area contributed by atoms with Gasteiger partial charge in [-0.15, -0.1) is 0 Å². The van der Waals surface area contributed by atoms with Gasteiger partial charge in [-0.1, -0.05) is 6.92 Å². The molecule has 0 aromatic carbocycles. The third kappa shape index (κ3) is 4.11. The minimum absolute atomic E-state index is 0.166. The number of methoxy groups -OCH3 is 1. The summed E-state index contributed by atoms with van der Waals surface area (Å²) in [6.07, 6.45) is 5.01. The van der Waals surface area contributed by atoms with Crippen LogP contribution >= 0.6 is 0 Å². The molecular formula is C15H22N4O2. The number of ether oxygens (including phenoxy) is 1. The minimum Gasteiger partial charge on any atom is -0.490 e. The van der Waals surface area contributed by atoms with Gasteiger partial charge in [-0.05, 0) is 25.5 Å². The largest absolute Gasteiger partial charge is 0.490 e. The first-order chi connectivity index (χ1) is 10.2. The van der Waals surface area contributed by atoms with Gasteiger partial charge in [0, 0.05) is 19.0 Å². The van der Waals surface area contributed by atoms with Crippen molar-refractivity contribution in [1.29, 1.82) is 0 Å². The second-order valence-electron chi connectivity index (χ2n) is 4.86. The van der Waals surface area contributed by atoms with Crippen LogP contribution in [0.5, 0.6) is 5.75 Å². The lowest BCUT2D eigenvalue weighted by Crippen LogP contribution is -2.19. The molecule has 0 spiro atoms. The van der Waals surface area contributed by atoms with Gasteiger partial charge in [-0.3, -0.25) is 0 Å². The summed E-state index contributed by atoms with van der Waals surface area (Å²) in [5.74, 6) is 2.97. The van der Waals surface area contributed by atoms with Crippen molar-refractivity contribution in [2.75, 3.05) is 24.3 Å². The molecule has 2 rings (SSSR count). The quantitative estimate of drug-likeness (QED) is 0.779. The second kappa shape index (κ2) is 7.52. The van der Waals surface area contributed by atoms with Gasteiger partial charge in [0.1, 0.15) is 12.1 Å². The standard InChI is InChI=1S/C15H22N4O2/c1-4-7-16-14-13(20-3)15(18-10-17-14)19-11(2)9-12-6-5-8-21-12/h5-6,8,10-11H,4,7,9H2,1-3H3,(H2,16,17,18,19). The van der Waals surface area contributed by atoms with Crippen LogP contribution in [0, 0.1) is 0 Å². The lowest BCUT2D eigenvalue weighted by molar-refractivity contribution is 0.413. The van der Waals surface area contributed by atoms with Gasteiger partial charge < -0.3 is 19.8 Å². The number of hydrogen-bond donors (Lipinski definition) is 2. The molecule has 0 bridgehead atoms. The van der Waals surface area contributed by atoms with E-state index >= 15 is 0 Å². The molecule has 6 nitrogen and oxygen atoms in total. The first kappa shape index (κ1) is 15.2. The first-order valence-electron chi connectivity index (χ1n) is 7.16. The predicted octanol–water partition coefficient (Wildman–Crippen LogP) is 2.94. The number of furan rings is 1. The van der Waals surface area contributed by atoms with Crippen LogP contribution in [0.15, 0.2) is 29.1 Å². The molecule has 0 radical (unpaired) electrons. The zero-order valence-corrected chi connectivity index (χ0v) is 12.7. The first-order valence-corrected chi connectivity index (χ1v) is 7.16. The molecule has 2 aromatic rings. The lowest BCUT2D eigenvalue weighted by Gasteiger charge is -2.17. The molecule has 1 unspecified atom stereocenters. The fourth-order valence-corrected chi connectivity index (χ4v) is 2.05. The number of hydrogen-bond acceptors (Lipinski definition) is 6. The third-order valence-corrected chi connectivity index (χ3v) is 3.02. The van der Waals surface area contributed by atoms with Crippen molar-refractivity contribution in [2.24, 2.45) is 0 Å². The van der Waals surface area contributed by atoms with Gasteiger partial charge in [-0.2, -0.15) is 0 Å². The fourth-order valence-electron chi connectivity index (χ4n) is 2.05. The van der Waals surface area contributed by atoms with Crippen molar-refractivity contribution >= 4 is 11.6 Å². The summed E-state index contributed by atoms with van der Waals surface area (Å²) in [6.45, 7) is 5.02. The highest BCUT2D eigenvalue weighted by atomic mass is 16.5. The summed E-state index contributed by atoms with van der Waals surface area (Å²) in [4.78, 5) is 8.49.